The molecule has 3 rings (SSSR count). The van der Waals surface area contributed by atoms with Gasteiger partial charge in [-0.25, -0.2) is 0 Å². The van der Waals surface area contributed by atoms with E-state index in [1.807, 2.05) is 0 Å². The Labute approximate surface area is 136 Å². The Balaban J connectivity index is 1.70. The number of ether oxygens (including phenoxy) is 1. The van der Waals surface area contributed by atoms with Crippen LogP contribution in [0.25, 0.3) is 0 Å². The van der Waals surface area contributed by atoms with Gasteiger partial charge >= 0.3 is 6.18 Å². The summed E-state index contributed by atoms with van der Waals surface area (Å²) >= 11 is 0. The minimum absolute atomic E-state index is 0.230. The lowest BCUT2D eigenvalue weighted by Crippen LogP contribution is -2.13. The number of halogens is 3. The van der Waals surface area contributed by atoms with Gasteiger partial charge in [0.25, 0.3) is 5.91 Å². The van der Waals surface area contributed by atoms with Gasteiger partial charge in [-0.15, -0.1) is 5.10 Å². The number of hydrogen-bond acceptors (Lipinski definition) is 3. The van der Waals surface area contributed by atoms with E-state index < -0.39 is 17.6 Å². The first kappa shape index (κ1) is 16.4. The Bertz CT molecular complexity index is 734. The van der Waals surface area contributed by atoms with Gasteiger partial charge in [0.1, 0.15) is 5.56 Å². The Morgan fingerprint density at radius 1 is 1.33 bits per heavy atom. The quantitative estimate of drug-likeness (QED) is 0.907. The van der Waals surface area contributed by atoms with Gasteiger partial charge in [-0.05, 0) is 43.0 Å². The number of rotatable bonds is 5. The molecule has 2 aromatic rings. The van der Waals surface area contributed by atoms with Crippen molar-refractivity contribution >= 4 is 11.6 Å². The molecule has 24 heavy (non-hydrogen) atoms. The molecule has 0 spiro atoms. The highest BCUT2D eigenvalue weighted by molar-refractivity contribution is 6.05. The summed E-state index contributed by atoms with van der Waals surface area (Å²) in [5.74, 6) is 0.264. The SMILES string of the molecule is Cn1cc(C(=O)Nc2ccc(C(F)(F)F)cc2)c(OCC2CC2)n1. The summed E-state index contributed by atoms with van der Waals surface area (Å²) in [6.45, 7) is 0.511. The van der Waals surface area contributed by atoms with Crippen LogP contribution in [0.15, 0.2) is 30.5 Å². The maximum absolute atomic E-state index is 12.5. The molecule has 0 bridgehead atoms. The van der Waals surface area contributed by atoms with Crippen LogP contribution in [0.1, 0.15) is 28.8 Å². The van der Waals surface area contributed by atoms with Crippen LogP contribution in [0.4, 0.5) is 18.9 Å². The summed E-state index contributed by atoms with van der Waals surface area (Å²) < 4.78 is 44.7. The molecule has 1 saturated carbocycles. The van der Waals surface area contributed by atoms with Crippen molar-refractivity contribution < 1.29 is 22.7 Å². The van der Waals surface area contributed by atoms with E-state index in [1.165, 1.54) is 23.0 Å². The van der Waals surface area contributed by atoms with Gasteiger partial charge < -0.3 is 10.1 Å². The van der Waals surface area contributed by atoms with Crippen LogP contribution in [-0.4, -0.2) is 22.3 Å². The fourth-order valence-corrected chi connectivity index (χ4v) is 2.15. The molecule has 1 N–H and O–H groups in total. The average molecular weight is 339 g/mol. The van der Waals surface area contributed by atoms with Crippen molar-refractivity contribution in [2.24, 2.45) is 13.0 Å². The number of hydrogen-bond donors (Lipinski definition) is 1. The van der Waals surface area contributed by atoms with Crippen LogP contribution in [0.5, 0.6) is 5.88 Å². The molecule has 1 aliphatic carbocycles. The number of alkyl halides is 3. The van der Waals surface area contributed by atoms with E-state index in [0.717, 1.165) is 25.0 Å². The maximum atomic E-state index is 12.5. The topological polar surface area (TPSA) is 56.2 Å². The zero-order valence-corrected chi connectivity index (χ0v) is 12.9. The molecule has 0 atom stereocenters. The molecule has 128 valence electrons. The van der Waals surface area contributed by atoms with Crippen LogP contribution in [0.3, 0.4) is 0 Å². The molecular weight excluding hydrogens is 323 g/mol. The highest BCUT2D eigenvalue weighted by Gasteiger charge is 2.30. The molecule has 8 heteroatoms. The number of carbonyl (C=O) groups excluding carboxylic acids is 1. The fourth-order valence-electron chi connectivity index (χ4n) is 2.15. The van der Waals surface area contributed by atoms with Crippen molar-refractivity contribution in [1.29, 1.82) is 0 Å². The summed E-state index contributed by atoms with van der Waals surface area (Å²) in [7, 11) is 1.67. The maximum Gasteiger partial charge on any atom is 0.416 e. The van der Waals surface area contributed by atoms with E-state index in [4.69, 9.17) is 4.74 Å². The number of carbonyl (C=O) groups is 1. The highest BCUT2D eigenvalue weighted by Crippen LogP contribution is 2.31. The van der Waals surface area contributed by atoms with E-state index in [2.05, 4.69) is 10.4 Å². The van der Waals surface area contributed by atoms with E-state index >= 15 is 0 Å². The molecular formula is C16H16F3N3O2. The van der Waals surface area contributed by atoms with Gasteiger partial charge in [0, 0.05) is 18.9 Å². The summed E-state index contributed by atoms with van der Waals surface area (Å²) in [4.78, 5) is 12.3. The van der Waals surface area contributed by atoms with Gasteiger partial charge in [-0.1, -0.05) is 0 Å². The minimum atomic E-state index is -4.41. The molecule has 0 unspecified atom stereocenters. The predicted molar refractivity (Wildman–Crippen MR) is 80.8 cm³/mol. The summed E-state index contributed by atoms with van der Waals surface area (Å²) in [6, 6.07) is 4.26. The summed E-state index contributed by atoms with van der Waals surface area (Å²) in [5.41, 5.74) is -0.252. The Morgan fingerprint density at radius 3 is 2.58 bits per heavy atom. The molecule has 1 amide bonds. The highest BCUT2D eigenvalue weighted by atomic mass is 19.4. The Morgan fingerprint density at radius 2 is 2.00 bits per heavy atom. The number of anilines is 1. The van der Waals surface area contributed by atoms with Crippen molar-refractivity contribution in [2.45, 2.75) is 19.0 Å². The van der Waals surface area contributed by atoms with Gasteiger partial charge in [0.2, 0.25) is 5.88 Å². The third kappa shape index (κ3) is 3.87. The second kappa shape index (κ2) is 6.18. The second-order valence-electron chi connectivity index (χ2n) is 5.81. The zero-order valence-electron chi connectivity index (χ0n) is 12.9. The zero-order chi connectivity index (χ0) is 17.3. The van der Waals surface area contributed by atoms with Gasteiger partial charge in [0.05, 0.1) is 12.2 Å². The normalized spacial score (nSPS) is 14.5. The smallest absolute Gasteiger partial charge is 0.416 e. The molecule has 1 aliphatic rings. The lowest BCUT2D eigenvalue weighted by molar-refractivity contribution is -0.137. The van der Waals surface area contributed by atoms with Gasteiger partial charge in [-0.3, -0.25) is 9.48 Å². The molecule has 0 aliphatic heterocycles. The number of benzene rings is 1. The standard InChI is InChI=1S/C16H16F3N3O2/c1-22-8-13(15(21-22)24-9-10-2-3-10)14(23)20-12-6-4-11(5-7-12)16(17,18)19/h4-8,10H,2-3,9H2,1H3,(H,20,23). The first-order valence-corrected chi connectivity index (χ1v) is 7.48. The lowest BCUT2D eigenvalue weighted by atomic mass is 10.2. The van der Waals surface area contributed by atoms with Crippen molar-refractivity contribution in [1.82, 2.24) is 9.78 Å². The molecule has 1 fully saturated rings. The van der Waals surface area contributed by atoms with E-state index in [-0.39, 0.29) is 17.1 Å². The molecule has 1 heterocycles. The van der Waals surface area contributed by atoms with Crippen molar-refractivity contribution in [3.05, 3.63) is 41.6 Å². The molecule has 0 radical (unpaired) electrons. The number of aromatic nitrogens is 2. The minimum Gasteiger partial charge on any atom is -0.476 e. The number of aryl methyl sites for hydroxylation is 1. The first-order valence-electron chi connectivity index (χ1n) is 7.48. The third-order valence-electron chi connectivity index (χ3n) is 3.66. The van der Waals surface area contributed by atoms with Crippen molar-refractivity contribution in [3.8, 4) is 5.88 Å². The monoisotopic (exact) mass is 339 g/mol. The lowest BCUT2D eigenvalue weighted by Gasteiger charge is -2.09. The molecule has 0 saturated heterocycles. The molecule has 1 aromatic carbocycles. The largest absolute Gasteiger partial charge is 0.476 e. The summed E-state index contributed by atoms with van der Waals surface area (Å²) in [6.07, 6.45) is -0.669. The molecule has 5 nitrogen and oxygen atoms in total. The van der Waals surface area contributed by atoms with E-state index in [0.29, 0.717) is 12.5 Å². The van der Waals surface area contributed by atoms with E-state index in [9.17, 15) is 18.0 Å². The average Bonchev–Trinajstić information content (AvgIpc) is 3.26. The van der Waals surface area contributed by atoms with Crippen LogP contribution < -0.4 is 10.1 Å². The third-order valence-corrected chi connectivity index (χ3v) is 3.66. The van der Waals surface area contributed by atoms with Crippen LogP contribution in [0.2, 0.25) is 0 Å². The number of amides is 1. The number of nitrogens with zero attached hydrogens (tertiary/aromatic N) is 2. The second-order valence-corrected chi connectivity index (χ2v) is 5.81. The van der Waals surface area contributed by atoms with E-state index in [1.54, 1.807) is 7.05 Å². The first-order chi connectivity index (χ1) is 11.3. The Hall–Kier alpha value is -2.51. The van der Waals surface area contributed by atoms with Crippen molar-refractivity contribution in [2.75, 3.05) is 11.9 Å². The fraction of sp³-hybridized carbons (Fsp3) is 0.375. The predicted octanol–water partition coefficient (Wildman–Crippen LogP) is 3.48. The van der Waals surface area contributed by atoms with Crippen LogP contribution in [0, 0.1) is 5.92 Å². The van der Waals surface area contributed by atoms with Crippen LogP contribution in [-0.2, 0) is 13.2 Å². The molecule has 1 aromatic heterocycles. The summed E-state index contributed by atoms with van der Waals surface area (Å²) in [5, 5.41) is 6.66. The van der Waals surface area contributed by atoms with Gasteiger partial charge in [-0.2, -0.15) is 13.2 Å². The Kier molecular flexibility index (Phi) is 4.21. The number of nitrogens with one attached hydrogen (secondary N) is 1. The van der Waals surface area contributed by atoms with Crippen molar-refractivity contribution in [3.63, 3.8) is 0 Å². The van der Waals surface area contributed by atoms with Gasteiger partial charge in [0.15, 0.2) is 0 Å². The van der Waals surface area contributed by atoms with Crippen LogP contribution >= 0.6 is 0 Å².